The van der Waals surface area contributed by atoms with Crippen LogP contribution in [0.5, 0.6) is 0 Å². The topological polar surface area (TPSA) is 47.6 Å². The molecule has 250 valence electrons. The zero-order valence-corrected chi connectivity index (χ0v) is 28.6. The second kappa shape index (κ2) is 38.2. The average molecular weight is 602 g/mol. The fourth-order valence-corrected chi connectivity index (χ4v) is 4.83. The summed E-state index contributed by atoms with van der Waals surface area (Å²) >= 11 is 0. The van der Waals surface area contributed by atoms with Gasteiger partial charge in [0.2, 0.25) is 0 Å². The van der Waals surface area contributed by atoms with E-state index >= 15 is 0 Å². The Morgan fingerprint density at radius 1 is 0.465 bits per heavy atom. The fraction of sp³-hybridized carbons (Fsp3) is 0.769. The first-order valence-corrected chi connectivity index (χ1v) is 18.4. The van der Waals surface area contributed by atoms with Crippen LogP contribution in [0.2, 0.25) is 0 Å². The summed E-state index contributed by atoms with van der Waals surface area (Å²) in [5.41, 5.74) is 0. The average Bonchev–Trinajstić information content (AvgIpc) is 3.01. The number of amides is 1. The van der Waals surface area contributed by atoms with E-state index in [1.165, 1.54) is 122 Å². The SMILES string of the molecule is CCCCC/C=C\C/C=C\CCCCCCCCOCCNC(=O)OCCCCCCCC/C=C\C/C=C\CCCCC. The Morgan fingerprint density at radius 3 is 1.33 bits per heavy atom. The van der Waals surface area contributed by atoms with Crippen LogP contribution in [0.1, 0.15) is 168 Å². The van der Waals surface area contributed by atoms with Gasteiger partial charge in [-0.3, -0.25) is 0 Å². The molecule has 0 spiro atoms. The molecule has 0 saturated heterocycles. The van der Waals surface area contributed by atoms with Gasteiger partial charge < -0.3 is 14.8 Å². The van der Waals surface area contributed by atoms with Crippen LogP contribution in [0.25, 0.3) is 0 Å². The van der Waals surface area contributed by atoms with Gasteiger partial charge in [-0.25, -0.2) is 4.79 Å². The molecule has 1 amide bonds. The molecule has 4 nitrogen and oxygen atoms in total. The monoisotopic (exact) mass is 602 g/mol. The molecule has 0 aliphatic heterocycles. The molecule has 1 N–H and O–H groups in total. The number of carbonyl (C=O) groups excluding carboxylic acids is 1. The molecule has 0 rings (SSSR count). The van der Waals surface area contributed by atoms with Crippen molar-refractivity contribution in [3.8, 4) is 0 Å². The van der Waals surface area contributed by atoms with Gasteiger partial charge in [-0.15, -0.1) is 0 Å². The summed E-state index contributed by atoms with van der Waals surface area (Å²) in [5.74, 6) is 0. The van der Waals surface area contributed by atoms with E-state index in [0.717, 1.165) is 38.7 Å². The highest BCUT2D eigenvalue weighted by Crippen LogP contribution is 2.09. The van der Waals surface area contributed by atoms with Crippen LogP contribution in [-0.4, -0.2) is 32.5 Å². The Balaban J connectivity index is 3.26. The molecule has 43 heavy (non-hydrogen) atoms. The molecule has 0 saturated carbocycles. The Labute approximate surface area is 268 Å². The number of unbranched alkanes of at least 4 members (excludes halogenated alkanes) is 18. The van der Waals surface area contributed by atoms with E-state index in [0.29, 0.717) is 19.8 Å². The standard InChI is InChI=1S/C39H71NO3/c1-3-5-7-9-11-13-15-17-19-21-23-25-27-29-31-33-36-42-38-35-40-39(41)43-37-34-32-30-28-26-24-22-20-18-16-14-12-10-8-6-4-2/h11-14,17-20H,3-10,15-16,21-38H2,1-2H3,(H,40,41)/b13-11-,14-12-,19-17-,20-18-. The van der Waals surface area contributed by atoms with Crippen molar-refractivity contribution in [2.75, 3.05) is 26.4 Å². The Hall–Kier alpha value is -1.81. The van der Waals surface area contributed by atoms with Crippen LogP contribution in [0.3, 0.4) is 0 Å². The first kappa shape index (κ1) is 41.2. The Morgan fingerprint density at radius 2 is 0.860 bits per heavy atom. The van der Waals surface area contributed by atoms with Gasteiger partial charge in [0.15, 0.2) is 0 Å². The minimum atomic E-state index is -0.320. The van der Waals surface area contributed by atoms with Gasteiger partial charge in [0, 0.05) is 13.2 Å². The maximum atomic E-state index is 11.8. The van der Waals surface area contributed by atoms with Crippen molar-refractivity contribution in [1.29, 1.82) is 0 Å². The number of ether oxygens (including phenoxy) is 2. The van der Waals surface area contributed by atoms with Crippen molar-refractivity contribution in [3.05, 3.63) is 48.6 Å². The molecule has 0 bridgehead atoms. The van der Waals surface area contributed by atoms with Gasteiger partial charge in [-0.1, -0.05) is 140 Å². The lowest BCUT2D eigenvalue weighted by atomic mass is 10.1. The largest absolute Gasteiger partial charge is 0.450 e. The molecule has 0 fully saturated rings. The molecule has 0 radical (unpaired) electrons. The molecule has 4 heteroatoms. The van der Waals surface area contributed by atoms with Crippen LogP contribution in [0, 0.1) is 0 Å². The van der Waals surface area contributed by atoms with Crippen molar-refractivity contribution in [2.45, 2.75) is 168 Å². The second-order valence-electron chi connectivity index (χ2n) is 11.8. The molecule has 0 atom stereocenters. The predicted molar refractivity (Wildman–Crippen MR) is 189 cm³/mol. The minimum absolute atomic E-state index is 0.320. The molecule has 0 aromatic heterocycles. The van der Waals surface area contributed by atoms with E-state index < -0.39 is 0 Å². The molecule has 0 unspecified atom stereocenters. The molecular formula is C39H71NO3. The van der Waals surface area contributed by atoms with Crippen molar-refractivity contribution >= 4 is 6.09 Å². The number of alkyl carbamates (subject to hydrolysis) is 1. The molecule has 0 aliphatic rings. The van der Waals surface area contributed by atoms with E-state index in [1.807, 2.05) is 0 Å². The Kier molecular flexibility index (Phi) is 36.6. The van der Waals surface area contributed by atoms with E-state index in [2.05, 4.69) is 67.8 Å². The number of nitrogens with one attached hydrogen (secondary N) is 1. The van der Waals surface area contributed by atoms with Crippen LogP contribution >= 0.6 is 0 Å². The number of hydrogen-bond donors (Lipinski definition) is 1. The number of carbonyl (C=O) groups is 1. The van der Waals surface area contributed by atoms with Crippen molar-refractivity contribution in [1.82, 2.24) is 5.32 Å². The van der Waals surface area contributed by atoms with Gasteiger partial charge in [-0.2, -0.15) is 0 Å². The normalized spacial score (nSPS) is 12.0. The van der Waals surface area contributed by atoms with E-state index in [1.54, 1.807) is 0 Å². The summed E-state index contributed by atoms with van der Waals surface area (Å²) in [6, 6.07) is 0. The minimum Gasteiger partial charge on any atom is -0.450 e. The summed E-state index contributed by atoms with van der Waals surface area (Å²) in [4.78, 5) is 11.8. The van der Waals surface area contributed by atoms with Gasteiger partial charge in [0.1, 0.15) is 0 Å². The lowest BCUT2D eigenvalue weighted by molar-refractivity contribution is 0.118. The summed E-state index contributed by atoms with van der Waals surface area (Å²) < 4.78 is 10.9. The zero-order valence-electron chi connectivity index (χ0n) is 28.6. The van der Waals surface area contributed by atoms with Crippen molar-refractivity contribution in [3.63, 3.8) is 0 Å². The predicted octanol–water partition coefficient (Wildman–Crippen LogP) is 12.4. The maximum absolute atomic E-state index is 11.8. The number of allylic oxidation sites excluding steroid dienone is 8. The molecule has 0 aliphatic carbocycles. The van der Waals surface area contributed by atoms with E-state index in [9.17, 15) is 4.79 Å². The highest BCUT2D eigenvalue weighted by molar-refractivity contribution is 5.66. The quantitative estimate of drug-likeness (QED) is 0.0601. The highest BCUT2D eigenvalue weighted by Gasteiger charge is 2.01. The van der Waals surface area contributed by atoms with Gasteiger partial charge in [0.25, 0.3) is 0 Å². The van der Waals surface area contributed by atoms with Crippen LogP contribution < -0.4 is 5.32 Å². The fourth-order valence-electron chi connectivity index (χ4n) is 4.83. The third-order valence-corrected chi connectivity index (χ3v) is 7.58. The molecular weight excluding hydrogens is 530 g/mol. The smallest absolute Gasteiger partial charge is 0.407 e. The third-order valence-electron chi connectivity index (χ3n) is 7.58. The maximum Gasteiger partial charge on any atom is 0.407 e. The zero-order chi connectivity index (χ0) is 31.2. The van der Waals surface area contributed by atoms with E-state index in [4.69, 9.17) is 9.47 Å². The van der Waals surface area contributed by atoms with Crippen LogP contribution in [-0.2, 0) is 9.47 Å². The Bertz CT molecular complexity index is 667. The number of rotatable bonds is 33. The van der Waals surface area contributed by atoms with Gasteiger partial charge in [-0.05, 0) is 77.0 Å². The first-order valence-electron chi connectivity index (χ1n) is 18.4. The highest BCUT2D eigenvalue weighted by atomic mass is 16.5. The van der Waals surface area contributed by atoms with Crippen molar-refractivity contribution < 1.29 is 14.3 Å². The molecule has 0 aromatic carbocycles. The molecule has 0 heterocycles. The van der Waals surface area contributed by atoms with Gasteiger partial charge in [0.05, 0.1) is 13.2 Å². The van der Waals surface area contributed by atoms with Crippen LogP contribution in [0.15, 0.2) is 48.6 Å². The molecule has 0 aromatic rings. The number of hydrogen-bond acceptors (Lipinski definition) is 3. The summed E-state index contributed by atoms with van der Waals surface area (Å²) in [6.45, 7) is 6.86. The lowest BCUT2D eigenvalue weighted by Gasteiger charge is -2.08. The first-order chi connectivity index (χ1) is 21.3. The van der Waals surface area contributed by atoms with Crippen molar-refractivity contribution in [2.24, 2.45) is 0 Å². The summed E-state index contributed by atoms with van der Waals surface area (Å²) in [6.07, 6.45) is 47.8. The van der Waals surface area contributed by atoms with E-state index in [-0.39, 0.29) is 6.09 Å². The second-order valence-corrected chi connectivity index (χ2v) is 11.8. The van der Waals surface area contributed by atoms with Crippen LogP contribution in [0.4, 0.5) is 4.79 Å². The third kappa shape index (κ3) is 38.2. The lowest BCUT2D eigenvalue weighted by Crippen LogP contribution is -2.28. The summed E-state index contributed by atoms with van der Waals surface area (Å²) in [7, 11) is 0. The summed E-state index contributed by atoms with van der Waals surface area (Å²) in [5, 5.41) is 2.79. The van der Waals surface area contributed by atoms with Gasteiger partial charge >= 0.3 is 6.09 Å².